The SMILES string of the molecule is COC(=O)c1ccc(F)c(-c2c[nH]c(=O)[nH]c2=O)c1. The van der Waals surface area contributed by atoms with Gasteiger partial charge in [0.2, 0.25) is 0 Å². The fraction of sp³-hybridized carbons (Fsp3) is 0.0833. The van der Waals surface area contributed by atoms with Crippen LogP contribution in [0.15, 0.2) is 34.0 Å². The number of carbonyl (C=O) groups is 1. The average molecular weight is 264 g/mol. The van der Waals surface area contributed by atoms with Gasteiger partial charge in [-0.25, -0.2) is 14.0 Å². The number of hydrogen-bond acceptors (Lipinski definition) is 4. The molecule has 1 heterocycles. The largest absolute Gasteiger partial charge is 0.465 e. The van der Waals surface area contributed by atoms with Gasteiger partial charge in [0.1, 0.15) is 5.82 Å². The Morgan fingerprint density at radius 3 is 2.63 bits per heavy atom. The summed E-state index contributed by atoms with van der Waals surface area (Å²) in [6.07, 6.45) is 1.08. The molecule has 0 bridgehead atoms. The van der Waals surface area contributed by atoms with Crippen LogP contribution in [-0.2, 0) is 4.74 Å². The lowest BCUT2D eigenvalue weighted by molar-refractivity contribution is 0.0600. The van der Waals surface area contributed by atoms with Crippen LogP contribution in [-0.4, -0.2) is 23.0 Å². The lowest BCUT2D eigenvalue weighted by Crippen LogP contribution is -2.22. The Kier molecular flexibility index (Phi) is 3.28. The topological polar surface area (TPSA) is 92.0 Å². The second-order valence-corrected chi connectivity index (χ2v) is 3.67. The quantitative estimate of drug-likeness (QED) is 0.779. The van der Waals surface area contributed by atoms with Crippen molar-refractivity contribution in [3.63, 3.8) is 0 Å². The Morgan fingerprint density at radius 1 is 1.26 bits per heavy atom. The summed E-state index contributed by atoms with van der Waals surface area (Å²) in [5, 5.41) is 0. The number of esters is 1. The molecule has 6 nitrogen and oxygen atoms in total. The third-order valence-corrected chi connectivity index (χ3v) is 2.50. The molecule has 0 unspecified atom stereocenters. The third kappa shape index (κ3) is 2.44. The number of ether oxygens (including phenoxy) is 1. The molecule has 0 saturated heterocycles. The van der Waals surface area contributed by atoms with Crippen molar-refractivity contribution < 1.29 is 13.9 Å². The molecule has 0 atom stereocenters. The van der Waals surface area contributed by atoms with Crippen LogP contribution in [0.2, 0.25) is 0 Å². The molecule has 1 aromatic carbocycles. The Hall–Kier alpha value is -2.70. The van der Waals surface area contributed by atoms with Crippen LogP contribution < -0.4 is 11.2 Å². The molecule has 0 aliphatic heterocycles. The lowest BCUT2D eigenvalue weighted by Gasteiger charge is -2.05. The zero-order chi connectivity index (χ0) is 14.0. The maximum Gasteiger partial charge on any atom is 0.337 e. The molecule has 19 heavy (non-hydrogen) atoms. The highest BCUT2D eigenvalue weighted by Crippen LogP contribution is 2.20. The second kappa shape index (κ2) is 4.89. The van der Waals surface area contributed by atoms with Gasteiger partial charge in [-0.2, -0.15) is 0 Å². The van der Waals surface area contributed by atoms with Gasteiger partial charge in [-0.3, -0.25) is 9.78 Å². The average Bonchev–Trinajstić information content (AvgIpc) is 2.39. The number of methoxy groups -OCH3 is 1. The molecule has 7 heteroatoms. The number of H-pyrrole nitrogens is 2. The first-order valence-corrected chi connectivity index (χ1v) is 5.23. The van der Waals surface area contributed by atoms with Crippen molar-refractivity contribution >= 4 is 5.97 Å². The highest BCUT2D eigenvalue weighted by atomic mass is 19.1. The van der Waals surface area contributed by atoms with E-state index in [0.717, 1.165) is 12.3 Å². The van der Waals surface area contributed by atoms with E-state index in [4.69, 9.17) is 0 Å². The van der Waals surface area contributed by atoms with E-state index in [0.29, 0.717) is 0 Å². The van der Waals surface area contributed by atoms with E-state index >= 15 is 0 Å². The molecular weight excluding hydrogens is 255 g/mol. The monoisotopic (exact) mass is 264 g/mol. The van der Waals surface area contributed by atoms with Crippen LogP contribution in [0.3, 0.4) is 0 Å². The molecule has 2 N–H and O–H groups in total. The van der Waals surface area contributed by atoms with Gasteiger partial charge < -0.3 is 9.72 Å². The maximum atomic E-state index is 13.7. The summed E-state index contributed by atoms with van der Waals surface area (Å²) in [6.45, 7) is 0. The number of nitrogens with one attached hydrogen (secondary N) is 2. The maximum absolute atomic E-state index is 13.7. The Balaban J connectivity index is 2.64. The standard InChI is InChI=1S/C12H9FN2O4/c1-19-11(17)6-2-3-9(13)7(4-6)8-5-14-12(18)15-10(8)16/h2-5H,1H3,(H2,14,15,16,18). The van der Waals surface area contributed by atoms with Crippen molar-refractivity contribution in [1.82, 2.24) is 9.97 Å². The van der Waals surface area contributed by atoms with E-state index < -0.39 is 23.0 Å². The normalized spacial score (nSPS) is 10.2. The molecule has 0 amide bonds. The summed E-state index contributed by atoms with van der Waals surface area (Å²) in [7, 11) is 1.19. The van der Waals surface area contributed by atoms with Crippen LogP contribution in [0.4, 0.5) is 4.39 Å². The fourth-order valence-electron chi connectivity index (χ4n) is 1.59. The van der Waals surface area contributed by atoms with Crippen LogP contribution in [0.1, 0.15) is 10.4 Å². The molecule has 98 valence electrons. The Bertz CT molecular complexity index is 748. The van der Waals surface area contributed by atoms with Crippen LogP contribution in [0, 0.1) is 5.82 Å². The first-order chi connectivity index (χ1) is 9.02. The minimum atomic E-state index is -0.746. The summed E-state index contributed by atoms with van der Waals surface area (Å²) in [5.41, 5.74) is -1.52. The van der Waals surface area contributed by atoms with Gasteiger partial charge in [-0.15, -0.1) is 0 Å². The number of benzene rings is 1. The highest BCUT2D eigenvalue weighted by Gasteiger charge is 2.13. The molecule has 2 rings (SSSR count). The molecule has 0 fully saturated rings. The number of rotatable bonds is 2. The van der Waals surface area contributed by atoms with E-state index in [-0.39, 0.29) is 16.7 Å². The molecule has 1 aromatic heterocycles. The van der Waals surface area contributed by atoms with Crippen molar-refractivity contribution in [2.45, 2.75) is 0 Å². The van der Waals surface area contributed by atoms with Gasteiger partial charge >= 0.3 is 11.7 Å². The van der Waals surface area contributed by atoms with Crippen LogP contribution in [0.25, 0.3) is 11.1 Å². The van der Waals surface area contributed by atoms with E-state index in [2.05, 4.69) is 9.72 Å². The first kappa shape index (κ1) is 12.7. The summed E-state index contributed by atoms with van der Waals surface area (Å²) >= 11 is 0. The lowest BCUT2D eigenvalue weighted by atomic mass is 10.0. The predicted molar refractivity (Wildman–Crippen MR) is 64.4 cm³/mol. The van der Waals surface area contributed by atoms with Gasteiger partial charge in [0.15, 0.2) is 0 Å². The van der Waals surface area contributed by atoms with E-state index in [1.54, 1.807) is 0 Å². The number of halogens is 1. The van der Waals surface area contributed by atoms with Gasteiger partial charge in [0.25, 0.3) is 5.56 Å². The molecule has 0 aliphatic carbocycles. The van der Waals surface area contributed by atoms with E-state index in [1.165, 1.54) is 19.2 Å². The summed E-state index contributed by atoms with van der Waals surface area (Å²) < 4.78 is 18.2. The zero-order valence-corrected chi connectivity index (χ0v) is 9.82. The third-order valence-electron chi connectivity index (χ3n) is 2.50. The molecule has 0 saturated carbocycles. The summed E-state index contributed by atoms with van der Waals surface area (Å²) in [4.78, 5) is 38.1. The molecule has 0 radical (unpaired) electrons. The summed E-state index contributed by atoms with van der Waals surface area (Å²) in [5.74, 6) is -1.34. The molecular formula is C12H9FN2O4. The number of aromatic nitrogens is 2. The predicted octanol–water partition coefficient (Wildman–Crippen LogP) is 0.656. The number of hydrogen-bond donors (Lipinski definition) is 2. The first-order valence-electron chi connectivity index (χ1n) is 5.23. The molecule has 0 aliphatic rings. The Morgan fingerprint density at radius 2 is 2.00 bits per heavy atom. The zero-order valence-electron chi connectivity index (χ0n) is 9.82. The minimum absolute atomic E-state index is 0.0807. The molecule has 0 spiro atoms. The van der Waals surface area contributed by atoms with Gasteiger partial charge in [-0.1, -0.05) is 0 Å². The van der Waals surface area contributed by atoms with E-state index in [1.807, 2.05) is 4.98 Å². The minimum Gasteiger partial charge on any atom is -0.465 e. The van der Waals surface area contributed by atoms with Gasteiger partial charge in [0, 0.05) is 11.8 Å². The van der Waals surface area contributed by atoms with Crippen molar-refractivity contribution in [2.75, 3.05) is 7.11 Å². The van der Waals surface area contributed by atoms with Crippen molar-refractivity contribution in [3.05, 3.63) is 56.6 Å². The molecule has 2 aromatic rings. The van der Waals surface area contributed by atoms with Crippen LogP contribution in [0.5, 0.6) is 0 Å². The highest BCUT2D eigenvalue weighted by molar-refractivity contribution is 5.90. The van der Waals surface area contributed by atoms with Crippen LogP contribution >= 0.6 is 0 Å². The Labute approximate surface area is 105 Å². The second-order valence-electron chi connectivity index (χ2n) is 3.67. The van der Waals surface area contributed by atoms with Gasteiger partial charge in [-0.05, 0) is 18.2 Å². The van der Waals surface area contributed by atoms with Gasteiger partial charge in [0.05, 0.1) is 18.2 Å². The van der Waals surface area contributed by atoms with Crippen molar-refractivity contribution in [1.29, 1.82) is 0 Å². The van der Waals surface area contributed by atoms with Crippen molar-refractivity contribution in [3.8, 4) is 11.1 Å². The fourth-order valence-corrected chi connectivity index (χ4v) is 1.59. The number of aromatic amines is 2. The van der Waals surface area contributed by atoms with E-state index in [9.17, 15) is 18.8 Å². The van der Waals surface area contributed by atoms with Crippen molar-refractivity contribution in [2.24, 2.45) is 0 Å². The summed E-state index contributed by atoms with van der Waals surface area (Å²) in [6, 6.07) is 3.47. The number of carbonyl (C=O) groups excluding carboxylic acids is 1. The smallest absolute Gasteiger partial charge is 0.337 e.